The first-order chi connectivity index (χ1) is 19.9. The van der Waals surface area contributed by atoms with Crippen molar-refractivity contribution in [3.8, 4) is 36.2 Å². The van der Waals surface area contributed by atoms with Crippen molar-refractivity contribution in [2.24, 2.45) is 5.41 Å². The van der Waals surface area contributed by atoms with E-state index in [1.54, 1.807) is 14.2 Å². The Morgan fingerprint density at radius 2 is 1.10 bits per heavy atom. The minimum atomic E-state index is -1.01. The van der Waals surface area contributed by atoms with Crippen molar-refractivity contribution in [1.82, 2.24) is 0 Å². The molecule has 7 heteroatoms. The van der Waals surface area contributed by atoms with Crippen molar-refractivity contribution in [2.75, 3.05) is 67.2 Å². The maximum absolute atomic E-state index is 7.18. The third kappa shape index (κ3) is 8.57. The topological polar surface area (TPSA) is 55.4 Å². The Hall–Kier alpha value is -3.35. The van der Waals surface area contributed by atoms with Gasteiger partial charge in [-0.3, -0.25) is 0 Å². The number of hydrogen-bond donors (Lipinski definition) is 0. The van der Waals surface area contributed by atoms with Crippen molar-refractivity contribution in [1.29, 1.82) is 0 Å². The molecule has 0 fully saturated rings. The van der Waals surface area contributed by atoms with Crippen LogP contribution in [-0.4, -0.2) is 67.2 Å². The van der Waals surface area contributed by atoms with E-state index in [1.165, 1.54) is 0 Å². The van der Waals surface area contributed by atoms with E-state index < -0.39 is 19.2 Å². The average Bonchev–Trinajstić information content (AvgIpc) is 3.01. The van der Waals surface area contributed by atoms with Gasteiger partial charge < -0.3 is 28.2 Å². The molecule has 0 aliphatic rings. The molecule has 0 atom stereocenters. The summed E-state index contributed by atoms with van der Waals surface area (Å²) in [6, 6.07) is 26.0. The van der Waals surface area contributed by atoms with Gasteiger partial charge in [0.25, 0.3) is 0 Å². The molecule has 0 aliphatic carbocycles. The third-order valence-electron chi connectivity index (χ3n) is 6.58. The number of ether oxygens (including phenoxy) is 5. The summed E-state index contributed by atoms with van der Waals surface area (Å²) in [6.45, 7) is 5.51. The quantitative estimate of drug-likeness (QED) is 0.0857. The van der Waals surface area contributed by atoms with Crippen molar-refractivity contribution >= 4 is 8.15 Å². The van der Waals surface area contributed by atoms with Gasteiger partial charge in [-0.15, -0.1) is 12.8 Å². The summed E-state index contributed by atoms with van der Waals surface area (Å²) in [4.78, 5) is 0. The van der Waals surface area contributed by atoms with Crippen molar-refractivity contribution < 1.29 is 28.2 Å². The molecule has 0 heterocycles. The molecule has 0 unspecified atom stereocenters. The average molecular weight is 575 g/mol. The monoisotopic (exact) mass is 574 g/mol. The molecule has 3 aromatic carbocycles. The maximum Gasteiger partial charge on any atom is 0.143 e. The van der Waals surface area contributed by atoms with Gasteiger partial charge in [-0.05, 0) is 54.3 Å². The van der Waals surface area contributed by atoms with Gasteiger partial charge in [0.1, 0.15) is 30.3 Å². The zero-order chi connectivity index (χ0) is 29.6. The molecule has 0 bridgehead atoms. The summed E-state index contributed by atoms with van der Waals surface area (Å²) < 4.78 is 36.1. The Morgan fingerprint density at radius 3 is 1.51 bits per heavy atom. The Bertz CT molecular complexity index is 1190. The Balaban J connectivity index is 2.19. The van der Waals surface area contributed by atoms with Gasteiger partial charge in [-0.1, -0.05) is 66.4 Å². The van der Waals surface area contributed by atoms with Gasteiger partial charge in [-0.2, -0.15) is 0 Å². The van der Waals surface area contributed by atoms with Crippen LogP contribution in [0.25, 0.3) is 0 Å². The predicted molar refractivity (Wildman–Crippen MR) is 165 cm³/mol. The lowest BCUT2D eigenvalue weighted by atomic mass is 9.79. The summed E-state index contributed by atoms with van der Waals surface area (Å²) in [5.41, 5.74) is 1.09. The second kappa shape index (κ2) is 16.2. The van der Waals surface area contributed by atoms with Gasteiger partial charge in [0.05, 0.1) is 46.1 Å². The van der Waals surface area contributed by atoms with E-state index in [0.717, 1.165) is 28.2 Å². The zero-order valence-electron chi connectivity index (χ0n) is 24.3. The highest BCUT2D eigenvalue weighted by Crippen LogP contribution is 2.43. The van der Waals surface area contributed by atoms with Crippen LogP contribution in [0.2, 0.25) is 0 Å². The normalized spacial score (nSPS) is 11.6. The van der Waals surface area contributed by atoms with E-state index in [9.17, 15) is 0 Å². The van der Waals surface area contributed by atoms with Crippen LogP contribution >= 0.6 is 8.15 Å². The summed E-state index contributed by atoms with van der Waals surface area (Å²) in [7, 11) is 2.64. The number of hydrogen-bond acceptors (Lipinski definition) is 6. The Kier molecular flexibility index (Phi) is 12.7. The van der Waals surface area contributed by atoms with Gasteiger partial charge in [-0.25, -0.2) is 0 Å². The lowest BCUT2D eigenvalue weighted by Crippen LogP contribution is -2.45. The van der Waals surface area contributed by atoms with Crippen LogP contribution in [0, 0.1) is 30.1 Å². The summed E-state index contributed by atoms with van der Waals surface area (Å²) in [6.07, 6.45) is 11.0. The van der Waals surface area contributed by atoms with Crippen molar-refractivity contribution in [3.63, 3.8) is 0 Å². The van der Waals surface area contributed by atoms with Gasteiger partial charge in [0, 0.05) is 8.15 Å². The fourth-order valence-electron chi connectivity index (χ4n) is 4.50. The lowest BCUT2D eigenvalue weighted by molar-refractivity contribution is -0.109. The first-order valence-corrected chi connectivity index (χ1v) is 15.4. The van der Waals surface area contributed by atoms with E-state index in [0.29, 0.717) is 6.61 Å². The van der Waals surface area contributed by atoms with Crippen LogP contribution in [0.3, 0.4) is 0 Å². The number of rotatable bonds is 17. The second-order valence-electron chi connectivity index (χ2n) is 9.77. The number of terminal acetylenes is 2. The summed E-state index contributed by atoms with van der Waals surface area (Å²) >= 11 is 0. The Labute approximate surface area is 246 Å². The summed E-state index contributed by atoms with van der Waals surface area (Å²) in [5.74, 6) is 6.59. The molecule has 0 spiro atoms. The highest BCUT2D eigenvalue weighted by Gasteiger charge is 2.42. The van der Waals surface area contributed by atoms with Crippen LogP contribution in [0.15, 0.2) is 78.9 Å². The SMILES string of the molecule is C#CCOCC(COCC#C)(COP(C)C)COC(c1ccccc1)(c1ccc(OC)cc1)c1ccc(OC)cc1. The fourth-order valence-corrected chi connectivity index (χ4v) is 5.04. The van der Waals surface area contributed by atoms with Crippen LogP contribution in [0.4, 0.5) is 0 Å². The fraction of sp³-hybridized carbons (Fsp3) is 0.353. The standard InChI is InChI=1S/C34H39O6P/c1-7-22-37-24-33(25-38-23-8-2,27-40-41(5)6)26-39-34(28-12-10-9-11-13-28,29-14-18-31(35-3)19-15-29)30-16-20-32(36-4)21-17-30/h1-2,9-21H,22-27H2,3-6H3. The van der Waals surface area contributed by atoms with E-state index in [1.807, 2.05) is 66.7 Å². The second-order valence-corrected chi connectivity index (χ2v) is 11.7. The molecule has 0 aliphatic heterocycles. The van der Waals surface area contributed by atoms with E-state index >= 15 is 0 Å². The van der Waals surface area contributed by atoms with Crippen LogP contribution in [0.5, 0.6) is 11.5 Å². The highest BCUT2D eigenvalue weighted by molar-refractivity contribution is 7.50. The molecule has 0 amide bonds. The Morgan fingerprint density at radius 1 is 0.634 bits per heavy atom. The van der Waals surface area contributed by atoms with Gasteiger partial charge in [0.2, 0.25) is 0 Å². The van der Waals surface area contributed by atoms with Crippen molar-refractivity contribution in [3.05, 3.63) is 95.6 Å². The molecule has 216 valence electrons. The van der Waals surface area contributed by atoms with Crippen LogP contribution in [0.1, 0.15) is 16.7 Å². The van der Waals surface area contributed by atoms with E-state index in [-0.39, 0.29) is 33.0 Å². The molecule has 0 radical (unpaired) electrons. The predicted octanol–water partition coefficient (Wildman–Crippen LogP) is 5.97. The third-order valence-corrected chi connectivity index (χ3v) is 7.23. The number of methoxy groups -OCH3 is 2. The lowest BCUT2D eigenvalue weighted by Gasteiger charge is -2.41. The summed E-state index contributed by atoms with van der Waals surface area (Å²) in [5, 5.41) is 0. The first kappa shape index (κ1) is 32.2. The van der Waals surface area contributed by atoms with E-state index in [2.05, 4.69) is 37.3 Å². The minimum absolute atomic E-state index is 0.157. The zero-order valence-corrected chi connectivity index (χ0v) is 25.2. The molecule has 0 saturated carbocycles. The smallest absolute Gasteiger partial charge is 0.143 e. The van der Waals surface area contributed by atoms with Crippen LogP contribution < -0.4 is 9.47 Å². The highest BCUT2D eigenvalue weighted by atomic mass is 31.1. The molecule has 3 aromatic rings. The molecule has 0 N–H and O–H groups in total. The van der Waals surface area contributed by atoms with Gasteiger partial charge in [0.15, 0.2) is 0 Å². The minimum Gasteiger partial charge on any atom is -0.497 e. The molecular formula is C34H39O6P. The molecule has 3 rings (SSSR count). The number of benzene rings is 3. The molecule has 6 nitrogen and oxygen atoms in total. The van der Waals surface area contributed by atoms with Crippen LogP contribution in [-0.2, 0) is 24.3 Å². The molecule has 0 aromatic heterocycles. The molecular weight excluding hydrogens is 535 g/mol. The molecule has 41 heavy (non-hydrogen) atoms. The maximum atomic E-state index is 7.18. The van der Waals surface area contributed by atoms with Gasteiger partial charge >= 0.3 is 0 Å². The first-order valence-electron chi connectivity index (χ1n) is 13.2. The van der Waals surface area contributed by atoms with E-state index in [4.69, 9.17) is 41.1 Å². The largest absolute Gasteiger partial charge is 0.497 e. The van der Waals surface area contributed by atoms with Crippen molar-refractivity contribution in [2.45, 2.75) is 5.60 Å². The molecule has 0 saturated heterocycles.